The first-order chi connectivity index (χ1) is 20.6. The van der Waals surface area contributed by atoms with Crippen LogP contribution < -0.4 is 10.6 Å². The van der Waals surface area contributed by atoms with Crippen LogP contribution in [0.3, 0.4) is 0 Å². The molecule has 3 radical (unpaired) electrons. The minimum Gasteiger partial charge on any atom is -0.445 e. The molecule has 2 fully saturated rings. The van der Waals surface area contributed by atoms with E-state index in [0.29, 0.717) is 17.4 Å². The highest BCUT2D eigenvalue weighted by Gasteiger charge is 2.48. The van der Waals surface area contributed by atoms with E-state index in [0.717, 1.165) is 50.5 Å². The fourth-order valence-corrected chi connectivity index (χ4v) is 6.42. The van der Waals surface area contributed by atoms with Crippen molar-refractivity contribution in [2.75, 3.05) is 13.7 Å². The summed E-state index contributed by atoms with van der Waals surface area (Å²) in [5.41, 5.74) is 1.75. The number of hydrogen-bond acceptors (Lipinski definition) is 5. The molecular weight excluding hydrogens is 582 g/mol. The first-order valence-electron chi connectivity index (χ1n) is 15.3. The van der Waals surface area contributed by atoms with Crippen LogP contribution >= 0.6 is 11.6 Å². The predicted octanol–water partition coefficient (Wildman–Crippen LogP) is 4.89. The van der Waals surface area contributed by atoms with Crippen molar-refractivity contribution in [2.45, 2.75) is 94.0 Å². The van der Waals surface area contributed by atoms with Gasteiger partial charge < -0.3 is 25.4 Å². The number of alkyl carbamates (subject to hydrolysis) is 1. The number of likely N-dealkylation sites (N-methyl/N-ethyl adjacent to an activating group) is 1. The SMILES string of the molecule is CN(C(=O)CCC([Si])(CO)NC(=O)[C@H](CC1CCCCC1)NC(=O)OCc1cccc(Cl)c1)C1(Cc2ccccc2)CC1. The standard InChI is InChI=1S/C33H43ClN3O5Si/c1-37(32(17-18-32)21-25-11-6-3-7-12-25)29(39)15-16-33(43,23-38)36-30(40)28(20-24-9-4-2-5-10-24)35-31(41)42-22-26-13-8-14-27(34)19-26/h3,6-8,11-14,19,24,28,38H,2,4-5,9-10,15-18,20-23H2,1H3,(H,35,41)(H,36,40)/t28-,33?/m0/s1. The van der Waals surface area contributed by atoms with E-state index < -0.39 is 29.8 Å². The molecule has 231 valence electrons. The molecule has 4 rings (SSSR count). The zero-order valence-corrected chi connectivity index (χ0v) is 26.7. The van der Waals surface area contributed by atoms with Gasteiger partial charge in [-0.3, -0.25) is 9.59 Å². The van der Waals surface area contributed by atoms with Crippen molar-refractivity contribution in [3.05, 3.63) is 70.7 Å². The van der Waals surface area contributed by atoms with Crippen molar-refractivity contribution in [2.24, 2.45) is 5.92 Å². The molecule has 0 aliphatic heterocycles. The van der Waals surface area contributed by atoms with Crippen molar-refractivity contribution in [3.8, 4) is 0 Å². The average molecular weight is 625 g/mol. The molecule has 0 bridgehead atoms. The lowest BCUT2D eigenvalue weighted by Crippen LogP contribution is -2.58. The maximum atomic E-state index is 13.6. The molecule has 2 saturated carbocycles. The number of halogens is 1. The van der Waals surface area contributed by atoms with Gasteiger partial charge in [0.25, 0.3) is 0 Å². The molecule has 2 aliphatic carbocycles. The van der Waals surface area contributed by atoms with Crippen molar-refractivity contribution < 1.29 is 24.2 Å². The Morgan fingerprint density at radius 3 is 2.44 bits per heavy atom. The largest absolute Gasteiger partial charge is 0.445 e. The second kappa shape index (κ2) is 15.2. The van der Waals surface area contributed by atoms with Gasteiger partial charge in [-0.2, -0.15) is 0 Å². The van der Waals surface area contributed by atoms with Gasteiger partial charge in [0.2, 0.25) is 11.8 Å². The fraction of sp³-hybridized carbons (Fsp3) is 0.545. The van der Waals surface area contributed by atoms with E-state index in [-0.39, 0.29) is 30.9 Å². The molecule has 2 atom stereocenters. The van der Waals surface area contributed by atoms with Gasteiger partial charge in [-0.05, 0) is 61.3 Å². The summed E-state index contributed by atoms with van der Waals surface area (Å²) in [7, 11) is 5.40. The second-order valence-electron chi connectivity index (χ2n) is 12.2. The number of rotatable bonds is 14. The number of ether oxygens (including phenoxy) is 1. The summed E-state index contributed by atoms with van der Waals surface area (Å²) < 4.78 is 5.39. The molecule has 0 aromatic heterocycles. The zero-order chi connectivity index (χ0) is 30.9. The van der Waals surface area contributed by atoms with Gasteiger partial charge >= 0.3 is 6.09 Å². The van der Waals surface area contributed by atoms with Gasteiger partial charge in [0.1, 0.15) is 12.6 Å². The number of carbonyl (C=O) groups is 3. The first kappa shape index (κ1) is 33.0. The monoisotopic (exact) mass is 624 g/mol. The Kier molecular flexibility index (Phi) is 11.7. The van der Waals surface area contributed by atoms with Gasteiger partial charge in [0.05, 0.1) is 16.8 Å². The Hall–Kier alpha value is -2.88. The van der Waals surface area contributed by atoms with Gasteiger partial charge in [-0.25, -0.2) is 4.79 Å². The average Bonchev–Trinajstić information content (AvgIpc) is 3.79. The Morgan fingerprint density at radius 2 is 1.79 bits per heavy atom. The number of nitrogens with zero attached hydrogens (tertiary/aromatic N) is 1. The molecule has 3 amide bonds. The van der Waals surface area contributed by atoms with Crippen LogP contribution in [-0.4, -0.2) is 68.6 Å². The smallest absolute Gasteiger partial charge is 0.408 e. The van der Waals surface area contributed by atoms with Crippen LogP contribution in [0.1, 0.15) is 75.3 Å². The molecule has 10 heteroatoms. The van der Waals surface area contributed by atoms with Crippen molar-refractivity contribution >= 4 is 39.8 Å². The van der Waals surface area contributed by atoms with Crippen LogP contribution in [0.15, 0.2) is 54.6 Å². The van der Waals surface area contributed by atoms with E-state index in [1.54, 1.807) is 24.3 Å². The maximum absolute atomic E-state index is 13.6. The molecule has 3 N–H and O–H groups in total. The lowest BCUT2D eigenvalue weighted by molar-refractivity contribution is -0.133. The van der Waals surface area contributed by atoms with Crippen molar-refractivity contribution in [3.63, 3.8) is 0 Å². The number of carbonyl (C=O) groups excluding carboxylic acids is 3. The van der Waals surface area contributed by atoms with E-state index in [1.165, 1.54) is 12.0 Å². The van der Waals surface area contributed by atoms with E-state index in [2.05, 4.69) is 33.0 Å². The normalized spacial score (nSPS) is 18.1. The Morgan fingerprint density at radius 1 is 1.09 bits per heavy atom. The molecule has 2 aromatic carbocycles. The van der Waals surface area contributed by atoms with Gasteiger partial charge in [0, 0.05) is 29.2 Å². The predicted molar refractivity (Wildman–Crippen MR) is 168 cm³/mol. The third-order valence-electron chi connectivity index (χ3n) is 8.85. The highest BCUT2D eigenvalue weighted by atomic mass is 35.5. The minimum absolute atomic E-state index is 0.0181. The fourth-order valence-electron chi connectivity index (χ4n) is 5.95. The summed E-state index contributed by atoms with van der Waals surface area (Å²) in [6, 6.07) is 16.3. The number of aliphatic hydroxyl groups excluding tert-OH is 1. The summed E-state index contributed by atoms with van der Waals surface area (Å²) in [4.78, 5) is 41.4. The van der Waals surface area contributed by atoms with Crippen molar-refractivity contribution in [1.29, 1.82) is 0 Å². The molecule has 2 aromatic rings. The molecule has 43 heavy (non-hydrogen) atoms. The van der Waals surface area contributed by atoms with Gasteiger partial charge in [0.15, 0.2) is 0 Å². The van der Waals surface area contributed by atoms with Gasteiger partial charge in [-0.1, -0.05) is 86.2 Å². The summed E-state index contributed by atoms with van der Waals surface area (Å²) in [5.74, 6) is -0.177. The van der Waals surface area contributed by atoms with E-state index in [4.69, 9.17) is 16.3 Å². The lowest BCUT2D eigenvalue weighted by atomic mass is 9.84. The molecule has 1 unspecified atom stereocenters. The topological polar surface area (TPSA) is 108 Å². The van der Waals surface area contributed by atoms with Crippen LogP contribution in [0.5, 0.6) is 0 Å². The summed E-state index contributed by atoms with van der Waals surface area (Å²) in [6.07, 6.45) is 8.13. The van der Waals surface area contributed by atoms with Crippen molar-refractivity contribution in [1.82, 2.24) is 15.5 Å². The van der Waals surface area contributed by atoms with Crippen LogP contribution in [0, 0.1) is 5.92 Å². The van der Waals surface area contributed by atoms with E-state index >= 15 is 0 Å². The maximum Gasteiger partial charge on any atom is 0.408 e. The third kappa shape index (κ3) is 9.81. The highest BCUT2D eigenvalue weighted by Crippen LogP contribution is 2.44. The van der Waals surface area contributed by atoms with E-state index in [9.17, 15) is 19.5 Å². The Balaban J connectivity index is 1.34. The van der Waals surface area contributed by atoms with Crippen LogP contribution in [0.4, 0.5) is 4.79 Å². The quantitative estimate of drug-likeness (QED) is 0.259. The molecule has 0 heterocycles. The van der Waals surface area contributed by atoms with E-state index in [1.807, 2.05) is 30.1 Å². The summed E-state index contributed by atoms with van der Waals surface area (Å²) >= 11 is 6.03. The summed E-state index contributed by atoms with van der Waals surface area (Å²) in [5, 5.41) is 15.2. The minimum atomic E-state index is -1.22. The summed E-state index contributed by atoms with van der Waals surface area (Å²) in [6.45, 7) is -0.401. The Bertz CT molecular complexity index is 1240. The molecule has 8 nitrogen and oxygen atoms in total. The molecule has 2 aliphatic rings. The lowest BCUT2D eigenvalue weighted by Gasteiger charge is -2.34. The number of amides is 3. The second-order valence-corrected chi connectivity index (χ2v) is 13.6. The third-order valence-corrected chi connectivity index (χ3v) is 9.62. The molecule has 0 spiro atoms. The number of nitrogens with one attached hydrogen (secondary N) is 2. The van der Waals surface area contributed by atoms with Crippen LogP contribution in [-0.2, 0) is 27.4 Å². The number of hydrogen-bond donors (Lipinski definition) is 3. The number of benzene rings is 2. The molecule has 0 saturated heterocycles. The highest BCUT2D eigenvalue weighted by molar-refractivity contribution is 6.30. The number of aliphatic hydroxyl groups is 1. The van der Waals surface area contributed by atoms with Crippen LogP contribution in [0.2, 0.25) is 5.02 Å². The van der Waals surface area contributed by atoms with Crippen LogP contribution in [0.25, 0.3) is 0 Å². The Labute approximate surface area is 263 Å². The zero-order valence-electron chi connectivity index (χ0n) is 24.9. The van der Waals surface area contributed by atoms with Gasteiger partial charge in [-0.15, -0.1) is 0 Å². The molecular formula is C33H43ClN3O5Si. The first-order valence-corrected chi connectivity index (χ1v) is 16.2.